The Bertz CT molecular complexity index is 547. The predicted molar refractivity (Wildman–Crippen MR) is 58.7 cm³/mol. The summed E-state index contributed by atoms with van der Waals surface area (Å²) in [5.74, 6) is 0.627. The summed E-state index contributed by atoms with van der Waals surface area (Å²) < 4.78 is 0. The number of Topliss-reactive ketones (excluding diaryl/α,β-unsaturated/α-hetero) is 1. The van der Waals surface area contributed by atoms with Crippen LogP contribution in [0.3, 0.4) is 0 Å². The Morgan fingerprint density at radius 3 is 2.73 bits per heavy atom. The van der Waals surface area contributed by atoms with Gasteiger partial charge in [-0.3, -0.25) is 9.78 Å². The topological polar surface area (TPSA) is 30.0 Å². The molecule has 1 heterocycles. The first kappa shape index (κ1) is 8.60. The Hall–Kier alpha value is -1.70. The number of hydrogen-bond acceptors (Lipinski definition) is 2. The number of para-hydroxylation sites is 1. The molecule has 1 aromatic carbocycles. The minimum atomic E-state index is 0.0992. The van der Waals surface area contributed by atoms with E-state index in [0.717, 1.165) is 16.5 Å². The molecular formula is C13H11NO. The van der Waals surface area contributed by atoms with Crippen molar-refractivity contribution in [2.24, 2.45) is 5.92 Å². The van der Waals surface area contributed by atoms with E-state index in [2.05, 4.69) is 11.1 Å². The molecule has 1 aliphatic carbocycles. The first-order valence-electron chi connectivity index (χ1n) is 5.16. The first-order valence-corrected chi connectivity index (χ1v) is 5.16. The molecule has 0 saturated heterocycles. The monoisotopic (exact) mass is 197 g/mol. The van der Waals surface area contributed by atoms with Gasteiger partial charge in [-0.1, -0.05) is 25.1 Å². The molecule has 2 unspecified atom stereocenters. The van der Waals surface area contributed by atoms with Crippen molar-refractivity contribution in [3.05, 3.63) is 42.1 Å². The highest BCUT2D eigenvalue weighted by Gasteiger charge is 2.46. The number of benzene rings is 1. The third kappa shape index (κ3) is 1.25. The molecule has 3 rings (SSSR count). The zero-order valence-electron chi connectivity index (χ0n) is 8.47. The molecule has 0 aliphatic heterocycles. The Balaban J connectivity index is 2.11. The predicted octanol–water partition coefficient (Wildman–Crippen LogP) is 2.54. The first-order chi connectivity index (χ1) is 7.27. The van der Waals surface area contributed by atoms with Crippen molar-refractivity contribution in [2.75, 3.05) is 0 Å². The summed E-state index contributed by atoms with van der Waals surface area (Å²) in [5.41, 5.74) is 2.05. The fraction of sp³-hybridized carbons (Fsp3) is 0.231. The van der Waals surface area contributed by atoms with E-state index in [1.54, 1.807) is 0 Å². The summed E-state index contributed by atoms with van der Waals surface area (Å²) in [5, 5.41) is 1.11. The van der Waals surface area contributed by atoms with Gasteiger partial charge in [0.15, 0.2) is 0 Å². The Labute approximate surface area is 87.9 Å². The van der Waals surface area contributed by atoms with Crippen LogP contribution >= 0.6 is 0 Å². The fourth-order valence-corrected chi connectivity index (χ4v) is 2.07. The highest BCUT2D eigenvalue weighted by Crippen LogP contribution is 2.42. The molecule has 2 aromatic rings. The molecule has 0 spiro atoms. The van der Waals surface area contributed by atoms with Gasteiger partial charge in [0.2, 0.25) is 0 Å². The summed E-state index contributed by atoms with van der Waals surface area (Å²) in [7, 11) is 0. The number of carbonyl (C=O) groups is 1. The van der Waals surface area contributed by atoms with Crippen LogP contribution in [0.2, 0.25) is 0 Å². The smallest absolute Gasteiger partial charge is 0.144 e. The van der Waals surface area contributed by atoms with E-state index >= 15 is 0 Å². The second-order valence-corrected chi connectivity index (χ2v) is 4.13. The molecule has 0 bridgehead atoms. The summed E-state index contributed by atoms with van der Waals surface area (Å²) >= 11 is 0. The van der Waals surface area contributed by atoms with Gasteiger partial charge in [-0.25, -0.2) is 0 Å². The Morgan fingerprint density at radius 1 is 1.27 bits per heavy atom. The summed E-state index contributed by atoms with van der Waals surface area (Å²) in [6.07, 6.45) is 1.83. The van der Waals surface area contributed by atoms with Crippen molar-refractivity contribution in [1.82, 2.24) is 4.98 Å². The van der Waals surface area contributed by atoms with E-state index in [4.69, 9.17) is 0 Å². The second-order valence-electron chi connectivity index (χ2n) is 4.13. The van der Waals surface area contributed by atoms with Crippen LogP contribution in [0.25, 0.3) is 10.9 Å². The van der Waals surface area contributed by atoms with Gasteiger partial charge in [0.05, 0.1) is 11.4 Å². The number of nitrogens with zero attached hydrogens (tertiary/aromatic N) is 1. The normalized spacial score (nSPS) is 24.5. The number of carbonyl (C=O) groups excluding carboxylic acids is 1. The average Bonchev–Trinajstić information content (AvgIpc) is 2.86. The molecule has 15 heavy (non-hydrogen) atoms. The van der Waals surface area contributed by atoms with Crippen molar-refractivity contribution >= 4 is 16.7 Å². The lowest BCUT2D eigenvalue weighted by molar-refractivity contribution is -0.111. The van der Waals surface area contributed by atoms with Crippen LogP contribution < -0.4 is 0 Å². The van der Waals surface area contributed by atoms with Crippen molar-refractivity contribution < 1.29 is 4.79 Å². The largest absolute Gasteiger partial charge is 0.299 e. The van der Waals surface area contributed by atoms with E-state index < -0.39 is 0 Å². The standard InChI is InChI=1S/C13H11NO/c1-8-12(13(8)15)10-6-9-4-2-3-5-11(9)14-7-10/h2-8,12H,1H3. The summed E-state index contributed by atoms with van der Waals surface area (Å²) in [4.78, 5) is 15.7. The van der Waals surface area contributed by atoms with E-state index in [0.29, 0.717) is 5.78 Å². The van der Waals surface area contributed by atoms with Gasteiger partial charge in [0.25, 0.3) is 0 Å². The van der Waals surface area contributed by atoms with Crippen molar-refractivity contribution in [2.45, 2.75) is 12.8 Å². The van der Waals surface area contributed by atoms with Crippen LogP contribution in [-0.2, 0) is 4.79 Å². The van der Waals surface area contributed by atoms with Gasteiger partial charge in [-0.05, 0) is 17.7 Å². The number of hydrogen-bond donors (Lipinski definition) is 0. The second kappa shape index (κ2) is 2.89. The van der Waals surface area contributed by atoms with Crippen LogP contribution in [0.1, 0.15) is 18.4 Å². The third-order valence-electron chi connectivity index (χ3n) is 3.12. The van der Waals surface area contributed by atoms with Gasteiger partial charge < -0.3 is 0 Å². The van der Waals surface area contributed by atoms with Gasteiger partial charge in [-0.2, -0.15) is 0 Å². The van der Waals surface area contributed by atoms with Gasteiger partial charge in [0, 0.05) is 17.5 Å². The van der Waals surface area contributed by atoms with Crippen LogP contribution in [0.15, 0.2) is 36.5 Å². The molecule has 1 fully saturated rings. The van der Waals surface area contributed by atoms with Crippen molar-refractivity contribution in [3.63, 3.8) is 0 Å². The minimum absolute atomic E-state index is 0.0992. The molecule has 2 nitrogen and oxygen atoms in total. The average molecular weight is 197 g/mol. The highest BCUT2D eigenvalue weighted by atomic mass is 16.1. The maximum absolute atomic E-state index is 11.3. The number of ketones is 1. The van der Waals surface area contributed by atoms with Crippen LogP contribution in [-0.4, -0.2) is 10.8 Å². The SMILES string of the molecule is CC1C(=O)C1c1cnc2ccccc2c1. The number of fused-ring (bicyclic) bond motifs is 1. The molecule has 1 aliphatic rings. The highest BCUT2D eigenvalue weighted by molar-refractivity contribution is 6.04. The van der Waals surface area contributed by atoms with E-state index in [-0.39, 0.29) is 11.8 Å². The van der Waals surface area contributed by atoms with Crippen LogP contribution in [0.4, 0.5) is 0 Å². The Morgan fingerprint density at radius 2 is 2.00 bits per heavy atom. The van der Waals surface area contributed by atoms with E-state index in [1.165, 1.54) is 0 Å². The lowest BCUT2D eigenvalue weighted by Gasteiger charge is -1.99. The molecule has 0 N–H and O–H groups in total. The fourth-order valence-electron chi connectivity index (χ4n) is 2.07. The molecule has 0 radical (unpaired) electrons. The number of aromatic nitrogens is 1. The zero-order chi connectivity index (χ0) is 10.4. The quantitative estimate of drug-likeness (QED) is 0.703. The van der Waals surface area contributed by atoms with Crippen LogP contribution in [0.5, 0.6) is 0 Å². The van der Waals surface area contributed by atoms with Crippen molar-refractivity contribution in [1.29, 1.82) is 0 Å². The van der Waals surface area contributed by atoms with Gasteiger partial charge >= 0.3 is 0 Å². The lowest BCUT2D eigenvalue weighted by Crippen LogP contribution is -1.86. The third-order valence-corrected chi connectivity index (χ3v) is 3.12. The minimum Gasteiger partial charge on any atom is -0.299 e. The van der Waals surface area contributed by atoms with E-state index in [9.17, 15) is 4.79 Å². The molecule has 1 aromatic heterocycles. The lowest BCUT2D eigenvalue weighted by atomic mass is 10.1. The van der Waals surface area contributed by atoms with E-state index in [1.807, 2.05) is 37.4 Å². The maximum Gasteiger partial charge on any atom is 0.144 e. The molecular weight excluding hydrogens is 186 g/mol. The molecule has 74 valence electrons. The Kier molecular flexibility index (Phi) is 1.66. The number of rotatable bonds is 1. The van der Waals surface area contributed by atoms with Gasteiger partial charge in [0.1, 0.15) is 5.78 Å². The van der Waals surface area contributed by atoms with Crippen molar-refractivity contribution in [3.8, 4) is 0 Å². The van der Waals surface area contributed by atoms with Gasteiger partial charge in [-0.15, -0.1) is 0 Å². The molecule has 2 heteroatoms. The zero-order valence-corrected chi connectivity index (χ0v) is 8.47. The molecule has 0 amide bonds. The number of pyridine rings is 1. The molecule has 2 atom stereocenters. The molecule has 1 saturated carbocycles. The maximum atomic E-state index is 11.3. The van der Waals surface area contributed by atoms with Crippen LogP contribution in [0, 0.1) is 5.92 Å². The summed E-state index contributed by atoms with van der Waals surface area (Å²) in [6, 6.07) is 10.1. The summed E-state index contributed by atoms with van der Waals surface area (Å²) in [6.45, 7) is 1.97.